The number of pyridine rings is 2. The highest BCUT2D eigenvalue weighted by Gasteiger charge is 2.45. The summed E-state index contributed by atoms with van der Waals surface area (Å²) in [4.78, 5) is 46.9. The fourth-order valence-corrected chi connectivity index (χ4v) is 5.45. The minimum atomic E-state index is -1.14. The van der Waals surface area contributed by atoms with Crippen molar-refractivity contribution in [1.29, 1.82) is 0 Å². The summed E-state index contributed by atoms with van der Waals surface area (Å²) in [5.74, 6) is -0.423. The van der Waals surface area contributed by atoms with Gasteiger partial charge in [-0.15, -0.1) is 0 Å². The van der Waals surface area contributed by atoms with Gasteiger partial charge in [-0.1, -0.05) is 24.3 Å². The van der Waals surface area contributed by atoms with Gasteiger partial charge in [0.2, 0.25) is 11.8 Å². The van der Waals surface area contributed by atoms with E-state index in [9.17, 15) is 14.4 Å². The van der Waals surface area contributed by atoms with Crippen LogP contribution in [0.15, 0.2) is 84.0 Å². The zero-order chi connectivity index (χ0) is 28.4. The fourth-order valence-electron chi connectivity index (χ4n) is 5.45. The number of rotatable bonds is 8. The number of aryl methyl sites for hydroxylation is 1. The molecular weight excluding hydrogens is 502 g/mol. The number of hydrogen-bond acceptors (Lipinski definition) is 5. The number of hydrogen-bond donors (Lipinski definition) is 1. The number of nitrogens with one attached hydrogen (secondary N) is 1. The topological polar surface area (TPSA) is 87.5 Å². The minimum absolute atomic E-state index is 0.00276. The Kier molecular flexibility index (Phi) is 7.54. The van der Waals surface area contributed by atoms with E-state index in [1.165, 1.54) is 0 Å². The van der Waals surface area contributed by atoms with E-state index in [4.69, 9.17) is 0 Å². The molecule has 1 unspecified atom stereocenters. The van der Waals surface area contributed by atoms with E-state index >= 15 is 0 Å². The van der Waals surface area contributed by atoms with E-state index in [0.29, 0.717) is 37.1 Å². The Labute approximate surface area is 234 Å². The maximum atomic E-state index is 13.2. The monoisotopic (exact) mass is 537 g/mol. The Morgan fingerprint density at radius 2 is 1.68 bits per heavy atom. The molecule has 0 fully saturated rings. The third kappa shape index (κ3) is 5.02. The molecule has 1 aliphatic rings. The van der Waals surface area contributed by atoms with Crippen LogP contribution in [0.25, 0.3) is 10.8 Å². The number of carbonyl (C=O) groups excluding carboxylic acids is 2. The highest BCUT2D eigenvalue weighted by Crippen LogP contribution is 2.38. The Hall–Kier alpha value is -4.30. The lowest BCUT2D eigenvalue weighted by Gasteiger charge is -2.27. The highest BCUT2D eigenvalue weighted by atomic mass is 16.2. The second kappa shape index (κ2) is 11.1. The van der Waals surface area contributed by atoms with Crippen LogP contribution in [0.5, 0.6) is 0 Å². The summed E-state index contributed by atoms with van der Waals surface area (Å²) in [6.07, 6.45) is 6.09. The summed E-state index contributed by atoms with van der Waals surface area (Å²) < 4.78 is 1.76. The fraction of sp³-hybridized carbons (Fsp3) is 0.312. The molecule has 0 aliphatic carbocycles. The van der Waals surface area contributed by atoms with E-state index < -0.39 is 5.41 Å². The molecule has 40 heavy (non-hydrogen) atoms. The molecule has 2 aromatic heterocycles. The molecular formula is C32H35N5O3. The van der Waals surface area contributed by atoms with Crippen LogP contribution in [0.4, 0.5) is 11.4 Å². The number of carbonyl (C=O) groups is 2. The maximum Gasteiger partial charge on any atom is 0.258 e. The maximum absolute atomic E-state index is 13.2. The number of anilines is 2. The van der Waals surface area contributed by atoms with E-state index in [0.717, 1.165) is 22.2 Å². The zero-order valence-corrected chi connectivity index (χ0v) is 23.4. The van der Waals surface area contributed by atoms with Crippen molar-refractivity contribution >= 4 is 34.0 Å². The predicted molar refractivity (Wildman–Crippen MR) is 158 cm³/mol. The zero-order valence-electron chi connectivity index (χ0n) is 23.4. The minimum Gasteiger partial charge on any atom is -0.315 e. The molecule has 0 spiro atoms. The van der Waals surface area contributed by atoms with Gasteiger partial charge in [0, 0.05) is 56.7 Å². The molecule has 0 radical (unpaired) electrons. The van der Waals surface area contributed by atoms with Gasteiger partial charge in [0.25, 0.3) is 5.56 Å². The van der Waals surface area contributed by atoms with E-state index in [1.807, 2.05) is 73.8 Å². The third-order valence-electron chi connectivity index (χ3n) is 7.83. The van der Waals surface area contributed by atoms with Crippen LogP contribution < -0.4 is 20.7 Å². The van der Waals surface area contributed by atoms with E-state index in [2.05, 4.69) is 10.3 Å². The molecule has 0 saturated carbocycles. The Morgan fingerprint density at radius 1 is 0.925 bits per heavy atom. The number of fused-ring (bicyclic) bond motifs is 2. The van der Waals surface area contributed by atoms with Gasteiger partial charge in [-0.3, -0.25) is 19.4 Å². The average molecular weight is 538 g/mol. The SMILES string of the molecule is CCN1C(=O)C(C)(C)C(=O)N(C)c2cc(CNC(CCn3ccc4ccccc4c3=O)c3ccncc3)ccc21. The first-order chi connectivity index (χ1) is 19.2. The van der Waals surface area contributed by atoms with E-state index in [-0.39, 0.29) is 23.4 Å². The highest BCUT2D eigenvalue weighted by molar-refractivity contribution is 6.19. The quantitative estimate of drug-likeness (QED) is 0.330. The second-order valence-electron chi connectivity index (χ2n) is 10.8. The van der Waals surface area contributed by atoms with Gasteiger partial charge in [0.15, 0.2) is 0 Å². The standard InChI is InChI=1S/C32H35N5O3/c1-5-37-27-11-10-22(20-28(27)35(4)30(39)32(2,3)31(37)40)21-34-26(24-12-16-33-17-13-24)15-19-36-18-14-23-8-6-7-9-25(23)29(36)38/h6-14,16-18,20,26,34H,5,15,19,21H2,1-4H3. The van der Waals surface area contributed by atoms with Gasteiger partial charge >= 0.3 is 0 Å². The number of nitrogens with zero attached hydrogens (tertiary/aromatic N) is 4. The molecule has 1 aliphatic heterocycles. The van der Waals surface area contributed by atoms with Crippen LogP contribution in [0.1, 0.15) is 44.4 Å². The molecule has 8 heteroatoms. The predicted octanol–water partition coefficient (Wildman–Crippen LogP) is 4.67. The number of amides is 2. The van der Waals surface area contributed by atoms with Crippen LogP contribution >= 0.6 is 0 Å². The van der Waals surface area contributed by atoms with Crippen molar-refractivity contribution in [2.75, 3.05) is 23.4 Å². The van der Waals surface area contributed by atoms with Crippen molar-refractivity contribution in [3.63, 3.8) is 0 Å². The van der Waals surface area contributed by atoms with Gasteiger partial charge in [-0.05, 0) is 80.1 Å². The van der Waals surface area contributed by atoms with Crippen LogP contribution in [0.2, 0.25) is 0 Å². The molecule has 3 heterocycles. The summed E-state index contributed by atoms with van der Waals surface area (Å²) in [6, 6.07) is 19.4. The van der Waals surface area contributed by atoms with Crippen molar-refractivity contribution in [1.82, 2.24) is 14.9 Å². The van der Waals surface area contributed by atoms with Gasteiger partial charge in [-0.25, -0.2) is 0 Å². The van der Waals surface area contributed by atoms with Gasteiger partial charge in [-0.2, -0.15) is 0 Å². The van der Waals surface area contributed by atoms with Gasteiger partial charge < -0.3 is 19.7 Å². The van der Waals surface area contributed by atoms with Crippen molar-refractivity contribution < 1.29 is 9.59 Å². The van der Waals surface area contributed by atoms with Crippen molar-refractivity contribution in [3.05, 3.63) is 101 Å². The van der Waals surface area contributed by atoms with E-state index in [1.54, 1.807) is 47.7 Å². The normalized spacial score (nSPS) is 15.7. The summed E-state index contributed by atoms with van der Waals surface area (Å²) >= 11 is 0. The molecule has 1 atom stereocenters. The van der Waals surface area contributed by atoms with Crippen molar-refractivity contribution in [3.8, 4) is 0 Å². The molecule has 0 bridgehead atoms. The van der Waals surface area contributed by atoms with Crippen LogP contribution in [-0.2, 0) is 22.7 Å². The summed E-state index contributed by atoms with van der Waals surface area (Å²) in [5.41, 5.74) is 2.38. The first kappa shape index (κ1) is 27.3. The molecule has 8 nitrogen and oxygen atoms in total. The first-order valence-electron chi connectivity index (χ1n) is 13.7. The molecule has 4 aromatic rings. The Morgan fingerprint density at radius 3 is 2.42 bits per heavy atom. The lowest BCUT2D eigenvalue weighted by atomic mass is 9.90. The number of aromatic nitrogens is 2. The molecule has 0 saturated heterocycles. The number of benzene rings is 2. The Bertz CT molecular complexity index is 1610. The largest absolute Gasteiger partial charge is 0.315 e. The van der Waals surface area contributed by atoms with Crippen molar-refractivity contribution in [2.45, 2.75) is 46.3 Å². The average Bonchev–Trinajstić information content (AvgIpc) is 3.03. The third-order valence-corrected chi connectivity index (χ3v) is 7.83. The van der Waals surface area contributed by atoms with Crippen LogP contribution in [-0.4, -0.2) is 35.0 Å². The summed E-state index contributed by atoms with van der Waals surface area (Å²) in [7, 11) is 1.73. The molecule has 1 N–H and O–H groups in total. The summed E-state index contributed by atoms with van der Waals surface area (Å²) in [5, 5.41) is 5.30. The Balaban J connectivity index is 1.39. The molecule has 2 amide bonds. The smallest absolute Gasteiger partial charge is 0.258 e. The van der Waals surface area contributed by atoms with Gasteiger partial charge in [0.1, 0.15) is 5.41 Å². The molecule has 2 aromatic carbocycles. The van der Waals surface area contributed by atoms with Crippen LogP contribution in [0.3, 0.4) is 0 Å². The van der Waals surface area contributed by atoms with Crippen LogP contribution in [0, 0.1) is 5.41 Å². The molecule has 206 valence electrons. The lowest BCUT2D eigenvalue weighted by Crippen LogP contribution is -2.47. The van der Waals surface area contributed by atoms with Crippen molar-refractivity contribution in [2.24, 2.45) is 5.41 Å². The van der Waals surface area contributed by atoms with Gasteiger partial charge in [0.05, 0.1) is 11.4 Å². The summed E-state index contributed by atoms with van der Waals surface area (Å²) in [6.45, 7) is 6.86. The first-order valence-corrected chi connectivity index (χ1v) is 13.7. The molecule has 5 rings (SSSR count). The second-order valence-corrected chi connectivity index (χ2v) is 10.8. The lowest BCUT2D eigenvalue weighted by molar-refractivity contribution is -0.137.